The minimum Gasteiger partial charge on any atom is -0.482 e. The Kier molecular flexibility index (Phi) is 3.92. The second-order valence-corrected chi connectivity index (χ2v) is 5.31. The van der Waals surface area contributed by atoms with E-state index >= 15 is 0 Å². The van der Waals surface area contributed by atoms with Gasteiger partial charge in [-0.15, -0.1) is 0 Å². The number of hydrogen-bond donors (Lipinski definition) is 1. The first kappa shape index (κ1) is 14.1. The van der Waals surface area contributed by atoms with Gasteiger partial charge in [-0.25, -0.2) is 8.78 Å². The molecule has 0 unspecified atom stereocenters. The summed E-state index contributed by atoms with van der Waals surface area (Å²) in [5.74, 6) is 0.193. The molecule has 1 aliphatic rings. The summed E-state index contributed by atoms with van der Waals surface area (Å²) in [7, 11) is 0. The summed E-state index contributed by atoms with van der Waals surface area (Å²) in [6, 6.07) is 5.65. The maximum Gasteiger partial charge on any atom is 0.165 e. The first-order chi connectivity index (χ1) is 10.1. The van der Waals surface area contributed by atoms with Crippen molar-refractivity contribution >= 4 is 0 Å². The maximum atomic E-state index is 13.4. The van der Waals surface area contributed by atoms with Gasteiger partial charge in [-0.05, 0) is 38.0 Å². The van der Waals surface area contributed by atoms with Gasteiger partial charge in [0.2, 0.25) is 0 Å². The molecule has 1 fully saturated rings. The summed E-state index contributed by atoms with van der Waals surface area (Å²) >= 11 is 0. The lowest BCUT2D eigenvalue weighted by Gasteiger charge is -2.05. The second kappa shape index (κ2) is 5.85. The summed E-state index contributed by atoms with van der Waals surface area (Å²) in [5.41, 5.74) is 1.07. The molecule has 1 N–H and O–H groups in total. The molecule has 0 bridgehead atoms. The van der Waals surface area contributed by atoms with Crippen molar-refractivity contribution in [1.82, 2.24) is 5.32 Å². The number of hydrogen-bond acceptors (Lipinski definition) is 3. The van der Waals surface area contributed by atoms with Crippen molar-refractivity contribution in [3.05, 3.63) is 53.0 Å². The van der Waals surface area contributed by atoms with Crippen LogP contribution in [0, 0.1) is 18.6 Å². The Labute approximate surface area is 121 Å². The Morgan fingerprint density at radius 3 is 2.86 bits per heavy atom. The Morgan fingerprint density at radius 1 is 1.29 bits per heavy atom. The van der Waals surface area contributed by atoms with Crippen molar-refractivity contribution in [3.63, 3.8) is 0 Å². The van der Waals surface area contributed by atoms with Crippen LogP contribution >= 0.6 is 0 Å². The van der Waals surface area contributed by atoms with Gasteiger partial charge in [0.25, 0.3) is 0 Å². The summed E-state index contributed by atoms with van der Waals surface area (Å²) in [5, 5.41) is 3.41. The van der Waals surface area contributed by atoms with Gasteiger partial charge in [-0.2, -0.15) is 0 Å². The minimum atomic E-state index is -0.588. The lowest BCUT2D eigenvalue weighted by atomic mass is 10.2. The number of nitrogens with one attached hydrogen (secondary N) is 1. The van der Waals surface area contributed by atoms with Crippen molar-refractivity contribution in [3.8, 4) is 5.75 Å². The highest BCUT2D eigenvalue weighted by molar-refractivity contribution is 5.26. The highest BCUT2D eigenvalue weighted by Gasteiger charge is 2.21. The zero-order valence-electron chi connectivity index (χ0n) is 11.8. The molecule has 0 saturated heterocycles. The van der Waals surface area contributed by atoms with Gasteiger partial charge in [0, 0.05) is 24.2 Å². The van der Waals surface area contributed by atoms with Crippen molar-refractivity contribution in [2.75, 3.05) is 0 Å². The monoisotopic (exact) mass is 293 g/mol. The van der Waals surface area contributed by atoms with E-state index in [0.717, 1.165) is 36.1 Å². The number of benzene rings is 1. The number of aryl methyl sites for hydroxylation is 1. The average molecular weight is 293 g/mol. The van der Waals surface area contributed by atoms with Crippen LogP contribution in [0.2, 0.25) is 0 Å². The number of halogens is 2. The molecule has 0 amide bonds. The molecule has 0 atom stereocenters. The number of rotatable bonds is 6. The standard InChI is InChI=1S/C16H17F2NO2/c1-10-11(8-19-13-3-4-13)6-14(21-10)9-20-16-7-12(17)2-5-15(16)18/h2,5-7,13,19H,3-4,8-9H2,1H3. The fraction of sp³-hybridized carbons (Fsp3) is 0.375. The van der Waals surface area contributed by atoms with Crippen LogP contribution in [0.4, 0.5) is 8.78 Å². The van der Waals surface area contributed by atoms with E-state index in [1.54, 1.807) is 0 Å². The van der Waals surface area contributed by atoms with Crippen LogP contribution in [0.1, 0.15) is 29.9 Å². The molecule has 1 heterocycles. The van der Waals surface area contributed by atoms with Crippen LogP contribution in [0.5, 0.6) is 5.75 Å². The van der Waals surface area contributed by atoms with Crippen LogP contribution in [0.15, 0.2) is 28.7 Å². The van der Waals surface area contributed by atoms with Gasteiger partial charge in [-0.3, -0.25) is 0 Å². The summed E-state index contributed by atoms with van der Waals surface area (Å²) < 4.78 is 37.3. The molecule has 5 heteroatoms. The third-order valence-electron chi connectivity index (χ3n) is 3.49. The smallest absolute Gasteiger partial charge is 0.165 e. The third kappa shape index (κ3) is 3.61. The molecule has 0 spiro atoms. The molecular weight excluding hydrogens is 276 g/mol. The van der Waals surface area contributed by atoms with Crippen LogP contribution in [0.25, 0.3) is 0 Å². The minimum absolute atomic E-state index is 0.0740. The Morgan fingerprint density at radius 2 is 2.10 bits per heavy atom. The lowest BCUT2D eigenvalue weighted by molar-refractivity contribution is 0.255. The number of ether oxygens (including phenoxy) is 1. The van der Waals surface area contributed by atoms with Gasteiger partial charge in [0.05, 0.1) is 0 Å². The lowest BCUT2D eigenvalue weighted by Crippen LogP contribution is -2.15. The highest BCUT2D eigenvalue weighted by Crippen LogP contribution is 2.23. The fourth-order valence-corrected chi connectivity index (χ4v) is 2.11. The molecule has 3 nitrogen and oxygen atoms in total. The third-order valence-corrected chi connectivity index (χ3v) is 3.49. The van der Waals surface area contributed by atoms with Gasteiger partial charge in [0.15, 0.2) is 11.6 Å². The molecule has 112 valence electrons. The van der Waals surface area contributed by atoms with Crippen LogP contribution in [0.3, 0.4) is 0 Å². The Bertz CT molecular complexity index is 635. The summed E-state index contributed by atoms with van der Waals surface area (Å²) in [6.07, 6.45) is 2.46. The first-order valence-corrected chi connectivity index (χ1v) is 7.01. The van der Waals surface area contributed by atoms with E-state index < -0.39 is 11.6 Å². The molecule has 2 aromatic rings. The van der Waals surface area contributed by atoms with E-state index in [-0.39, 0.29) is 12.4 Å². The van der Waals surface area contributed by atoms with Crippen molar-refractivity contribution < 1.29 is 17.9 Å². The largest absolute Gasteiger partial charge is 0.482 e. The molecule has 0 aliphatic heterocycles. The Hall–Kier alpha value is -1.88. The van der Waals surface area contributed by atoms with Crippen LogP contribution in [-0.2, 0) is 13.2 Å². The van der Waals surface area contributed by atoms with Gasteiger partial charge < -0.3 is 14.5 Å². The van der Waals surface area contributed by atoms with Gasteiger partial charge in [-0.1, -0.05) is 0 Å². The maximum absolute atomic E-state index is 13.4. The van der Waals surface area contributed by atoms with Crippen molar-refractivity contribution in [2.45, 2.75) is 39.0 Å². The number of furan rings is 1. The molecule has 21 heavy (non-hydrogen) atoms. The zero-order valence-corrected chi connectivity index (χ0v) is 11.8. The molecule has 1 aromatic heterocycles. The highest BCUT2D eigenvalue weighted by atomic mass is 19.1. The second-order valence-electron chi connectivity index (χ2n) is 5.31. The molecule has 3 rings (SSSR count). The van der Waals surface area contributed by atoms with E-state index in [0.29, 0.717) is 11.8 Å². The van der Waals surface area contributed by atoms with E-state index in [1.165, 1.54) is 12.8 Å². The average Bonchev–Trinajstić information content (AvgIpc) is 3.21. The first-order valence-electron chi connectivity index (χ1n) is 7.01. The van der Waals surface area contributed by atoms with Crippen molar-refractivity contribution in [1.29, 1.82) is 0 Å². The van der Waals surface area contributed by atoms with E-state index in [2.05, 4.69) is 5.32 Å². The van der Waals surface area contributed by atoms with Gasteiger partial charge in [0.1, 0.15) is 23.9 Å². The summed E-state index contributed by atoms with van der Waals surface area (Å²) in [4.78, 5) is 0. The van der Waals surface area contributed by atoms with Crippen LogP contribution in [-0.4, -0.2) is 6.04 Å². The zero-order chi connectivity index (χ0) is 14.8. The van der Waals surface area contributed by atoms with Gasteiger partial charge >= 0.3 is 0 Å². The van der Waals surface area contributed by atoms with Crippen molar-refractivity contribution in [2.24, 2.45) is 0 Å². The predicted molar refractivity (Wildman–Crippen MR) is 74.0 cm³/mol. The quantitative estimate of drug-likeness (QED) is 0.882. The molecule has 0 radical (unpaired) electrons. The van der Waals surface area contributed by atoms with E-state index in [9.17, 15) is 8.78 Å². The Balaban J connectivity index is 1.61. The molecular formula is C16H17F2NO2. The predicted octanol–water partition coefficient (Wildman–Crippen LogP) is 3.70. The van der Waals surface area contributed by atoms with E-state index in [4.69, 9.17) is 9.15 Å². The van der Waals surface area contributed by atoms with Crippen LogP contribution < -0.4 is 10.1 Å². The SMILES string of the molecule is Cc1oc(COc2cc(F)ccc2F)cc1CNC1CC1. The topological polar surface area (TPSA) is 34.4 Å². The summed E-state index contributed by atoms with van der Waals surface area (Å²) in [6.45, 7) is 2.72. The molecule has 1 aliphatic carbocycles. The molecule has 1 aromatic carbocycles. The molecule has 1 saturated carbocycles. The normalized spacial score (nSPS) is 14.4. The fourth-order valence-electron chi connectivity index (χ4n) is 2.11. The van der Waals surface area contributed by atoms with E-state index in [1.807, 2.05) is 13.0 Å².